The number of benzene rings is 1. The Kier molecular flexibility index (Phi) is 3.46. The summed E-state index contributed by atoms with van der Waals surface area (Å²) in [6, 6.07) is 9.32. The third kappa shape index (κ3) is 2.55. The first kappa shape index (κ1) is 13.1. The first-order valence-corrected chi connectivity index (χ1v) is 6.79. The van der Waals surface area contributed by atoms with E-state index in [0.29, 0.717) is 24.6 Å². The van der Waals surface area contributed by atoms with E-state index in [4.69, 9.17) is 10.5 Å². The van der Waals surface area contributed by atoms with Gasteiger partial charge >= 0.3 is 0 Å². The van der Waals surface area contributed by atoms with Gasteiger partial charge in [-0.3, -0.25) is 0 Å². The number of nitrogen functional groups attached to an aromatic ring is 1. The van der Waals surface area contributed by atoms with Crippen molar-refractivity contribution in [3.05, 3.63) is 30.3 Å². The number of rotatable bonds is 3. The summed E-state index contributed by atoms with van der Waals surface area (Å²) in [5.41, 5.74) is 6.45. The monoisotopic (exact) mass is 274 g/mol. The summed E-state index contributed by atoms with van der Waals surface area (Å²) in [7, 11) is 0. The van der Waals surface area contributed by atoms with Crippen molar-refractivity contribution in [1.82, 2.24) is 4.98 Å². The smallest absolute Gasteiger partial charge is 0.124 e. The Labute approximate surface area is 117 Å². The second-order valence-corrected chi connectivity index (χ2v) is 5.30. The average molecular weight is 274 g/mol. The molecule has 1 aromatic carbocycles. The largest absolute Gasteiger partial charge is 0.493 e. The molecular formula is C15H18N2O3. The number of aliphatic hydroxyl groups excluding tert-OH is 2. The second kappa shape index (κ2) is 5.26. The Morgan fingerprint density at radius 3 is 2.75 bits per heavy atom. The van der Waals surface area contributed by atoms with Crippen LogP contribution in [0.4, 0.5) is 5.82 Å². The molecule has 1 heterocycles. The number of nitrogens with zero attached hydrogens (tertiary/aromatic N) is 1. The lowest BCUT2D eigenvalue weighted by molar-refractivity contribution is 0.00971. The van der Waals surface area contributed by atoms with Gasteiger partial charge in [0.15, 0.2) is 0 Å². The predicted octanol–water partition coefficient (Wildman–Crippen LogP) is 1.33. The molecule has 0 saturated heterocycles. The molecule has 1 fully saturated rings. The topological polar surface area (TPSA) is 88.6 Å². The van der Waals surface area contributed by atoms with Gasteiger partial charge in [0.1, 0.15) is 11.6 Å². The number of aliphatic hydroxyl groups is 2. The number of fused-ring (bicyclic) bond motifs is 1. The van der Waals surface area contributed by atoms with Gasteiger partial charge in [0.25, 0.3) is 0 Å². The second-order valence-electron chi connectivity index (χ2n) is 5.30. The number of aromatic nitrogens is 1. The van der Waals surface area contributed by atoms with E-state index in [1.54, 1.807) is 6.07 Å². The SMILES string of the molecule is Nc1ccc2ccc(OCC3CCC(O)C3O)cc2n1. The molecule has 1 aliphatic carbocycles. The van der Waals surface area contributed by atoms with Gasteiger partial charge in [0.2, 0.25) is 0 Å². The molecule has 0 radical (unpaired) electrons. The molecule has 0 spiro atoms. The van der Waals surface area contributed by atoms with Crippen LogP contribution >= 0.6 is 0 Å². The normalized spacial score (nSPS) is 26.0. The maximum atomic E-state index is 9.78. The highest BCUT2D eigenvalue weighted by atomic mass is 16.5. The van der Waals surface area contributed by atoms with Crippen molar-refractivity contribution >= 4 is 16.7 Å². The van der Waals surface area contributed by atoms with Crippen LogP contribution < -0.4 is 10.5 Å². The van der Waals surface area contributed by atoms with E-state index in [9.17, 15) is 10.2 Å². The fourth-order valence-corrected chi connectivity index (χ4v) is 2.63. The zero-order valence-corrected chi connectivity index (χ0v) is 11.1. The number of anilines is 1. The molecular weight excluding hydrogens is 256 g/mol. The zero-order chi connectivity index (χ0) is 14.1. The van der Waals surface area contributed by atoms with Gasteiger partial charge in [-0.05, 0) is 37.1 Å². The molecule has 4 N–H and O–H groups in total. The van der Waals surface area contributed by atoms with E-state index in [1.165, 1.54) is 0 Å². The summed E-state index contributed by atoms with van der Waals surface area (Å²) in [6.07, 6.45) is 0.0949. The Morgan fingerprint density at radius 2 is 2.00 bits per heavy atom. The van der Waals surface area contributed by atoms with Crippen LogP contribution in [0, 0.1) is 5.92 Å². The number of hydrogen-bond donors (Lipinski definition) is 3. The first-order chi connectivity index (χ1) is 9.63. The minimum Gasteiger partial charge on any atom is -0.493 e. The lowest BCUT2D eigenvalue weighted by Crippen LogP contribution is -2.28. The number of nitrogens with two attached hydrogens (primary N) is 1. The van der Waals surface area contributed by atoms with Gasteiger partial charge in [-0.1, -0.05) is 0 Å². The third-order valence-electron chi connectivity index (χ3n) is 3.86. The van der Waals surface area contributed by atoms with Gasteiger partial charge in [-0.2, -0.15) is 0 Å². The van der Waals surface area contributed by atoms with E-state index >= 15 is 0 Å². The molecule has 0 amide bonds. The highest BCUT2D eigenvalue weighted by Crippen LogP contribution is 2.27. The lowest BCUT2D eigenvalue weighted by atomic mass is 10.1. The molecule has 5 heteroatoms. The standard InChI is InChI=1S/C15H18N2O3/c16-14-6-3-9-1-4-11(7-12(9)17-14)20-8-10-2-5-13(18)15(10)19/h1,3-4,6-7,10,13,15,18-19H,2,5,8H2,(H2,16,17). The molecule has 1 saturated carbocycles. The van der Waals surface area contributed by atoms with Gasteiger partial charge in [0, 0.05) is 17.4 Å². The summed E-state index contributed by atoms with van der Waals surface area (Å²) in [4.78, 5) is 4.25. The summed E-state index contributed by atoms with van der Waals surface area (Å²) < 4.78 is 5.70. The number of hydrogen-bond acceptors (Lipinski definition) is 5. The molecule has 20 heavy (non-hydrogen) atoms. The molecule has 1 aromatic heterocycles. The van der Waals surface area contributed by atoms with Crippen LogP contribution in [0.3, 0.4) is 0 Å². The van der Waals surface area contributed by atoms with Crippen molar-refractivity contribution in [1.29, 1.82) is 0 Å². The fraction of sp³-hybridized carbons (Fsp3) is 0.400. The van der Waals surface area contributed by atoms with Gasteiger partial charge in [0.05, 0.1) is 24.3 Å². The Morgan fingerprint density at radius 1 is 1.20 bits per heavy atom. The summed E-state index contributed by atoms with van der Waals surface area (Å²) in [6.45, 7) is 0.395. The summed E-state index contributed by atoms with van der Waals surface area (Å²) in [5, 5.41) is 20.3. The molecule has 3 unspecified atom stereocenters. The Bertz CT molecular complexity index is 617. The third-order valence-corrected chi connectivity index (χ3v) is 3.86. The quantitative estimate of drug-likeness (QED) is 0.785. The van der Waals surface area contributed by atoms with Crippen LogP contribution in [0.1, 0.15) is 12.8 Å². The Hall–Kier alpha value is -1.85. The zero-order valence-electron chi connectivity index (χ0n) is 11.1. The van der Waals surface area contributed by atoms with Crippen molar-refractivity contribution in [3.8, 4) is 5.75 Å². The fourth-order valence-electron chi connectivity index (χ4n) is 2.63. The molecule has 1 aliphatic rings. The van der Waals surface area contributed by atoms with Crippen molar-refractivity contribution in [3.63, 3.8) is 0 Å². The van der Waals surface area contributed by atoms with Crippen LogP contribution in [0.5, 0.6) is 5.75 Å². The molecule has 3 atom stereocenters. The van der Waals surface area contributed by atoms with Gasteiger partial charge in [-0.15, -0.1) is 0 Å². The predicted molar refractivity (Wildman–Crippen MR) is 76.4 cm³/mol. The molecule has 2 aromatic rings. The van der Waals surface area contributed by atoms with Crippen molar-refractivity contribution in [2.75, 3.05) is 12.3 Å². The van der Waals surface area contributed by atoms with Crippen LogP contribution in [-0.2, 0) is 0 Å². The molecule has 5 nitrogen and oxygen atoms in total. The molecule has 3 rings (SSSR count). The van der Waals surface area contributed by atoms with E-state index in [-0.39, 0.29) is 5.92 Å². The molecule has 0 aliphatic heterocycles. The van der Waals surface area contributed by atoms with Crippen LogP contribution in [0.2, 0.25) is 0 Å². The van der Waals surface area contributed by atoms with Crippen molar-refractivity contribution < 1.29 is 14.9 Å². The summed E-state index contributed by atoms with van der Waals surface area (Å²) in [5.74, 6) is 1.16. The van der Waals surface area contributed by atoms with Crippen LogP contribution in [-0.4, -0.2) is 34.0 Å². The van der Waals surface area contributed by atoms with Crippen LogP contribution in [0.25, 0.3) is 10.9 Å². The van der Waals surface area contributed by atoms with Crippen molar-refractivity contribution in [2.45, 2.75) is 25.0 Å². The average Bonchev–Trinajstić information content (AvgIpc) is 2.76. The van der Waals surface area contributed by atoms with Gasteiger partial charge in [-0.25, -0.2) is 4.98 Å². The van der Waals surface area contributed by atoms with Crippen LogP contribution in [0.15, 0.2) is 30.3 Å². The Balaban J connectivity index is 1.71. The molecule has 106 valence electrons. The van der Waals surface area contributed by atoms with E-state index in [0.717, 1.165) is 17.3 Å². The first-order valence-electron chi connectivity index (χ1n) is 6.79. The minimum atomic E-state index is -0.691. The highest BCUT2D eigenvalue weighted by Gasteiger charge is 2.33. The minimum absolute atomic E-state index is 0.0190. The lowest BCUT2D eigenvalue weighted by Gasteiger charge is -2.17. The molecule has 0 bridgehead atoms. The maximum Gasteiger partial charge on any atom is 0.124 e. The van der Waals surface area contributed by atoms with Gasteiger partial charge < -0.3 is 20.7 Å². The van der Waals surface area contributed by atoms with E-state index < -0.39 is 12.2 Å². The number of ether oxygens (including phenoxy) is 1. The van der Waals surface area contributed by atoms with E-state index in [1.807, 2.05) is 24.3 Å². The summed E-state index contributed by atoms with van der Waals surface area (Å²) >= 11 is 0. The maximum absolute atomic E-state index is 9.78. The number of pyridine rings is 1. The van der Waals surface area contributed by atoms with Crippen molar-refractivity contribution in [2.24, 2.45) is 5.92 Å². The highest BCUT2D eigenvalue weighted by molar-refractivity contribution is 5.81. The van der Waals surface area contributed by atoms with E-state index in [2.05, 4.69) is 4.98 Å².